The summed E-state index contributed by atoms with van der Waals surface area (Å²) >= 11 is 3.81. The lowest BCUT2D eigenvalue weighted by Gasteiger charge is -2.43. The summed E-state index contributed by atoms with van der Waals surface area (Å²) in [6, 6.07) is 65.8. The molecule has 278 valence electrons. The van der Waals surface area contributed by atoms with E-state index in [1.54, 1.807) is 0 Å². The first kappa shape index (κ1) is 34.1. The molecule has 0 radical (unpaired) electrons. The van der Waals surface area contributed by atoms with Gasteiger partial charge in [0.15, 0.2) is 19.6 Å². The number of rotatable bonds is 2. The lowest BCUT2D eigenvalue weighted by molar-refractivity contribution is 0.477. The largest absolute Gasteiger partial charge is 0.453 e. The van der Waals surface area contributed by atoms with Gasteiger partial charge in [-0.05, 0) is 116 Å². The van der Waals surface area contributed by atoms with Gasteiger partial charge in [0, 0.05) is 31.0 Å². The molecule has 1 atom stereocenters. The highest BCUT2D eigenvalue weighted by atomic mass is 32.2. The van der Waals surface area contributed by atoms with Crippen LogP contribution in [0.25, 0.3) is 11.1 Å². The SMILES string of the molecule is CC(C)(C)c1ccc2c(c1)Sc1ccccc1[Si]21c2c(cccc2N2c3ccccc3Oc3ccccc32)-c2cccc(N3c4ccccc4Sc4ccccc43)c21. The first-order chi connectivity index (χ1) is 28.4. The van der Waals surface area contributed by atoms with Gasteiger partial charge in [0.05, 0.1) is 22.7 Å². The summed E-state index contributed by atoms with van der Waals surface area (Å²) in [4.78, 5) is 10.3. The van der Waals surface area contributed by atoms with Gasteiger partial charge in [-0.25, -0.2) is 0 Å². The van der Waals surface area contributed by atoms with Crippen molar-refractivity contribution in [2.45, 2.75) is 45.8 Å². The van der Waals surface area contributed by atoms with Gasteiger partial charge >= 0.3 is 0 Å². The summed E-state index contributed by atoms with van der Waals surface area (Å²) in [6.45, 7) is 6.99. The number of anilines is 6. The topological polar surface area (TPSA) is 15.7 Å². The summed E-state index contributed by atoms with van der Waals surface area (Å²) in [5.41, 5.74) is 11.0. The fourth-order valence-electron chi connectivity index (χ4n) is 9.79. The molecule has 4 heterocycles. The molecule has 6 heteroatoms. The van der Waals surface area contributed by atoms with Crippen molar-refractivity contribution in [3.05, 3.63) is 181 Å². The quantitative estimate of drug-likeness (QED) is 0.161. The predicted molar refractivity (Wildman–Crippen MR) is 245 cm³/mol. The Hall–Kier alpha value is -5.92. The van der Waals surface area contributed by atoms with E-state index >= 15 is 0 Å². The number of hydrogen-bond donors (Lipinski definition) is 0. The molecule has 4 aliphatic heterocycles. The second kappa shape index (κ2) is 12.5. The van der Waals surface area contributed by atoms with E-state index in [0.29, 0.717) is 0 Å². The van der Waals surface area contributed by atoms with Crippen molar-refractivity contribution in [1.29, 1.82) is 0 Å². The second-order valence-corrected chi connectivity index (χ2v) is 22.2. The lowest BCUT2D eigenvalue weighted by Crippen LogP contribution is -2.75. The first-order valence-corrected chi connectivity index (χ1v) is 23.6. The zero-order valence-electron chi connectivity index (χ0n) is 32.4. The Morgan fingerprint density at radius 1 is 0.414 bits per heavy atom. The highest BCUT2D eigenvalue weighted by Gasteiger charge is 2.56. The third kappa shape index (κ3) is 4.71. The number of benzene rings is 8. The van der Waals surface area contributed by atoms with Crippen molar-refractivity contribution in [3.63, 3.8) is 0 Å². The number of fused-ring (bicyclic) bond motifs is 13. The first-order valence-electron chi connectivity index (χ1n) is 19.9. The average molecular weight is 799 g/mol. The molecule has 8 aromatic rings. The van der Waals surface area contributed by atoms with E-state index in [1.165, 1.54) is 79.8 Å². The van der Waals surface area contributed by atoms with Crippen molar-refractivity contribution in [2.24, 2.45) is 0 Å². The molecule has 4 aliphatic rings. The molecular weight excluding hydrogens is 761 g/mol. The lowest BCUT2D eigenvalue weighted by atomic mass is 9.87. The van der Waals surface area contributed by atoms with Crippen LogP contribution in [-0.2, 0) is 5.41 Å². The van der Waals surface area contributed by atoms with Gasteiger partial charge < -0.3 is 14.5 Å². The van der Waals surface area contributed by atoms with Crippen LogP contribution in [0.4, 0.5) is 34.1 Å². The molecule has 0 saturated carbocycles. The highest BCUT2D eigenvalue weighted by molar-refractivity contribution is 8.00. The number of nitrogens with zero attached hydrogens (tertiary/aromatic N) is 2. The van der Waals surface area contributed by atoms with E-state index in [2.05, 4.69) is 206 Å². The zero-order valence-corrected chi connectivity index (χ0v) is 35.0. The molecule has 12 rings (SSSR count). The summed E-state index contributed by atoms with van der Waals surface area (Å²) in [5.74, 6) is 1.72. The molecule has 1 unspecified atom stereocenters. The van der Waals surface area contributed by atoms with Crippen LogP contribution in [0.15, 0.2) is 196 Å². The molecule has 0 bridgehead atoms. The zero-order chi connectivity index (χ0) is 38.8. The molecule has 0 saturated heterocycles. The second-order valence-electron chi connectivity index (χ2n) is 16.5. The van der Waals surface area contributed by atoms with E-state index in [9.17, 15) is 0 Å². The van der Waals surface area contributed by atoms with Gasteiger partial charge in [-0.15, -0.1) is 0 Å². The fraction of sp³-hybridized carbons (Fsp3) is 0.0769. The minimum atomic E-state index is -3.18. The van der Waals surface area contributed by atoms with E-state index in [1.807, 2.05) is 23.5 Å². The van der Waals surface area contributed by atoms with Gasteiger partial charge in [-0.1, -0.05) is 147 Å². The van der Waals surface area contributed by atoms with Crippen LogP contribution in [0.3, 0.4) is 0 Å². The minimum Gasteiger partial charge on any atom is -0.453 e. The number of ether oxygens (including phenoxy) is 1. The van der Waals surface area contributed by atoms with Gasteiger partial charge in [0.2, 0.25) is 0 Å². The Kier molecular flexibility index (Phi) is 7.38. The maximum absolute atomic E-state index is 6.63. The van der Waals surface area contributed by atoms with E-state index in [4.69, 9.17) is 4.74 Å². The third-order valence-electron chi connectivity index (χ3n) is 12.2. The van der Waals surface area contributed by atoms with Crippen molar-refractivity contribution in [1.82, 2.24) is 0 Å². The predicted octanol–water partition coefficient (Wildman–Crippen LogP) is 12.3. The molecule has 3 nitrogen and oxygen atoms in total. The molecule has 0 aromatic heterocycles. The fourth-order valence-corrected chi connectivity index (χ4v) is 18.6. The van der Waals surface area contributed by atoms with Crippen LogP contribution in [-0.4, -0.2) is 8.07 Å². The molecule has 0 fully saturated rings. The average Bonchev–Trinajstić information content (AvgIpc) is 3.55. The smallest absolute Gasteiger partial charge is 0.187 e. The summed E-state index contributed by atoms with van der Waals surface area (Å²) in [6.07, 6.45) is 0. The maximum atomic E-state index is 6.63. The summed E-state index contributed by atoms with van der Waals surface area (Å²) in [7, 11) is -3.18. The van der Waals surface area contributed by atoms with Gasteiger partial charge in [-0.3, -0.25) is 0 Å². The van der Waals surface area contributed by atoms with Gasteiger partial charge in [-0.2, -0.15) is 0 Å². The van der Waals surface area contributed by atoms with Gasteiger partial charge in [0.1, 0.15) is 0 Å². The van der Waals surface area contributed by atoms with Crippen LogP contribution in [0.5, 0.6) is 11.5 Å². The van der Waals surface area contributed by atoms with E-state index in [0.717, 1.165) is 22.9 Å². The highest BCUT2D eigenvalue weighted by Crippen LogP contribution is 2.55. The standard InChI is InChI=1S/C52H38N2OS2Si/c1-52(2,3)33-30-31-49-47(32-33)57-46-28-12-13-29-48(46)58(49)50-34(16-14-22-40(50)53-36-18-4-8-24-42(36)55-43-25-9-5-19-37(43)53)35-17-15-23-41(51(35)58)54-38-20-6-10-26-44(38)56-45-27-11-7-21-39(45)54/h4-32H,1-3H3. The Balaban J connectivity index is 1.25. The Bertz CT molecular complexity index is 2790. The van der Waals surface area contributed by atoms with Crippen LogP contribution >= 0.6 is 23.5 Å². The minimum absolute atomic E-state index is 0.00317. The molecule has 58 heavy (non-hydrogen) atoms. The van der Waals surface area contributed by atoms with Crippen molar-refractivity contribution in [3.8, 4) is 22.6 Å². The normalized spacial score (nSPS) is 16.5. The molecule has 0 aliphatic carbocycles. The maximum Gasteiger partial charge on any atom is 0.187 e. The van der Waals surface area contributed by atoms with Crippen LogP contribution < -0.4 is 35.3 Å². The summed E-state index contributed by atoms with van der Waals surface area (Å²) < 4.78 is 6.63. The van der Waals surface area contributed by atoms with Crippen LogP contribution in [0.2, 0.25) is 0 Å². The molecule has 0 amide bonds. The molecule has 8 aromatic carbocycles. The van der Waals surface area contributed by atoms with Crippen LogP contribution in [0.1, 0.15) is 26.3 Å². The number of hydrogen-bond acceptors (Lipinski definition) is 5. The Morgan fingerprint density at radius 2 is 0.862 bits per heavy atom. The molecular formula is C52H38N2OS2Si. The van der Waals surface area contributed by atoms with Gasteiger partial charge in [0.25, 0.3) is 0 Å². The van der Waals surface area contributed by atoms with Crippen LogP contribution in [0, 0.1) is 0 Å². The van der Waals surface area contributed by atoms with E-state index in [-0.39, 0.29) is 5.41 Å². The Labute approximate surface area is 349 Å². The molecule has 1 spiro atoms. The van der Waals surface area contributed by atoms with Crippen molar-refractivity contribution < 1.29 is 4.74 Å². The third-order valence-corrected chi connectivity index (χ3v) is 19.9. The molecule has 0 N–H and O–H groups in total. The number of para-hydroxylation sites is 6. The van der Waals surface area contributed by atoms with Crippen molar-refractivity contribution in [2.75, 3.05) is 9.80 Å². The summed E-state index contributed by atoms with van der Waals surface area (Å²) in [5, 5.41) is 5.77. The van der Waals surface area contributed by atoms with Crippen molar-refractivity contribution >= 4 is 86.5 Å². The monoisotopic (exact) mass is 798 g/mol. The Morgan fingerprint density at radius 3 is 1.45 bits per heavy atom. The van der Waals surface area contributed by atoms with E-state index < -0.39 is 8.07 Å².